The number of halogens is 1. The molecule has 0 amide bonds. The first-order valence-electron chi connectivity index (χ1n) is 4.39. The van der Waals surface area contributed by atoms with Gasteiger partial charge in [0.15, 0.2) is 0 Å². The molecule has 3 rings (SSSR count). The highest BCUT2D eigenvalue weighted by Gasteiger charge is 2.13. The van der Waals surface area contributed by atoms with E-state index >= 15 is 0 Å². The van der Waals surface area contributed by atoms with Gasteiger partial charge in [0.1, 0.15) is 11.0 Å². The summed E-state index contributed by atoms with van der Waals surface area (Å²) in [6, 6.07) is 4.25. The summed E-state index contributed by atoms with van der Waals surface area (Å²) in [5, 5.41) is 3.36. The van der Waals surface area contributed by atoms with Gasteiger partial charge in [0.2, 0.25) is 0 Å². The van der Waals surface area contributed by atoms with Crippen molar-refractivity contribution in [2.75, 3.05) is 6.54 Å². The molecule has 0 spiro atoms. The van der Waals surface area contributed by atoms with Gasteiger partial charge >= 0.3 is 0 Å². The zero-order chi connectivity index (χ0) is 8.67. The summed E-state index contributed by atoms with van der Waals surface area (Å²) >= 11 is 1.30. The average Bonchev–Trinajstić information content (AvgIpc) is 2.65. The van der Waals surface area contributed by atoms with Gasteiger partial charge in [0.25, 0.3) is 0 Å². The van der Waals surface area contributed by atoms with Crippen LogP contribution in [0.3, 0.4) is 0 Å². The standard InChI is InChI=1S/C9H9N3S.ClH/c1-2-8-9(12-13-11-8)7-5-10-4-3-6(1)7;/h1-2,10H,3-5H2;1H. The third-order valence-electron chi connectivity index (χ3n) is 2.50. The third-order valence-corrected chi connectivity index (χ3v) is 3.05. The SMILES string of the molecule is Cl.c1cc2nsnc2c2c1CCNC2. The minimum absolute atomic E-state index is 0. The zero-order valence-electron chi connectivity index (χ0n) is 7.49. The monoisotopic (exact) mass is 227 g/mol. The predicted molar refractivity (Wildman–Crippen MR) is 60.1 cm³/mol. The molecule has 1 aromatic carbocycles. The van der Waals surface area contributed by atoms with Crippen molar-refractivity contribution in [3.05, 3.63) is 23.3 Å². The minimum Gasteiger partial charge on any atom is -0.312 e. The van der Waals surface area contributed by atoms with Gasteiger partial charge in [-0.2, -0.15) is 8.75 Å². The minimum atomic E-state index is 0. The van der Waals surface area contributed by atoms with E-state index in [2.05, 4.69) is 26.2 Å². The van der Waals surface area contributed by atoms with Crippen molar-refractivity contribution in [2.24, 2.45) is 0 Å². The first-order chi connectivity index (χ1) is 6.45. The van der Waals surface area contributed by atoms with Crippen LogP contribution in [-0.4, -0.2) is 15.3 Å². The van der Waals surface area contributed by atoms with Crippen molar-refractivity contribution in [2.45, 2.75) is 13.0 Å². The van der Waals surface area contributed by atoms with Gasteiger partial charge in [-0.3, -0.25) is 0 Å². The molecule has 0 fully saturated rings. The second-order valence-electron chi connectivity index (χ2n) is 3.26. The molecule has 1 N–H and O–H groups in total. The molecule has 0 atom stereocenters. The van der Waals surface area contributed by atoms with Crippen LogP contribution in [0.15, 0.2) is 12.1 Å². The lowest BCUT2D eigenvalue weighted by Crippen LogP contribution is -2.23. The molecular weight excluding hydrogens is 218 g/mol. The molecule has 0 radical (unpaired) electrons. The lowest BCUT2D eigenvalue weighted by atomic mass is 10.00. The summed E-state index contributed by atoms with van der Waals surface area (Å²) in [5.41, 5.74) is 4.90. The predicted octanol–water partition coefficient (Wildman–Crippen LogP) is 1.76. The Bertz CT molecular complexity index is 454. The molecule has 0 saturated heterocycles. The van der Waals surface area contributed by atoms with Crippen LogP contribution in [0.5, 0.6) is 0 Å². The topological polar surface area (TPSA) is 37.8 Å². The molecule has 0 bridgehead atoms. The maximum Gasteiger partial charge on any atom is 0.109 e. The van der Waals surface area contributed by atoms with Gasteiger partial charge in [-0.1, -0.05) is 6.07 Å². The molecule has 5 heteroatoms. The molecular formula is C9H10ClN3S. The molecule has 0 unspecified atom stereocenters. The Hall–Kier alpha value is -0.710. The van der Waals surface area contributed by atoms with E-state index in [1.54, 1.807) is 0 Å². The molecule has 0 aliphatic carbocycles. The van der Waals surface area contributed by atoms with Gasteiger partial charge in [-0.15, -0.1) is 12.4 Å². The quantitative estimate of drug-likeness (QED) is 0.746. The molecule has 2 heterocycles. The molecule has 0 saturated carbocycles. The molecule has 14 heavy (non-hydrogen) atoms. The highest BCUT2D eigenvalue weighted by Crippen LogP contribution is 2.22. The molecule has 2 aromatic rings. The summed E-state index contributed by atoms with van der Waals surface area (Å²) in [4.78, 5) is 0. The number of benzene rings is 1. The van der Waals surface area contributed by atoms with E-state index < -0.39 is 0 Å². The maximum atomic E-state index is 4.32. The Morgan fingerprint density at radius 3 is 3.14 bits per heavy atom. The van der Waals surface area contributed by atoms with E-state index in [0.717, 1.165) is 30.5 Å². The van der Waals surface area contributed by atoms with Crippen LogP contribution in [-0.2, 0) is 13.0 Å². The van der Waals surface area contributed by atoms with Gasteiger partial charge in [0.05, 0.1) is 11.7 Å². The Morgan fingerprint density at radius 1 is 1.29 bits per heavy atom. The summed E-state index contributed by atoms with van der Waals surface area (Å²) in [6.07, 6.45) is 1.11. The lowest BCUT2D eigenvalue weighted by molar-refractivity contribution is 0.647. The lowest BCUT2D eigenvalue weighted by Gasteiger charge is -2.16. The van der Waals surface area contributed by atoms with Crippen LogP contribution in [0.2, 0.25) is 0 Å². The van der Waals surface area contributed by atoms with Crippen LogP contribution in [0.4, 0.5) is 0 Å². The summed E-state index contributed by atoms with van der Waals surface area (Å²) in [6.45, 7) is 2.02. The summed E-state index contributed by atoms with van der Waals surface area (Å²) < 4.78 is 8.55. The first-order valence-corrected chi connectivity index (χ1v) is 5.12. The van der Waals surface area contributed by atoms with E-state index in [0.29, 0.717) is 0 Å². The second kappa shape index (κ2) is 3.81. The van der Waals surface area contributed by atoms with Gasteiger partial charge in [0, 0.05) is 6.54 Å². The first kappa shape index (κ1) is 9.83. The largest absolute Gasteiger partial charge is 0.312 e. The second-order valence-corrected chi connectivity index (χ2v) is 3.79. The van der Waals surface area contributed by atoms with E-state index in [1.165, 1.54) is 22.9 Å². The number of hydrogen-bond acceptors (Lipinski definition) is 4. The third kappa shape index (κ3) is 1.39. The molecule has 74 valence electrons. The maximum absolute atomic E-state index is 4.32. The Kier molecular flexibility index (Phi) is 2.67. The number of nitrogens with zero attached hydrogens (tertiary/aromatic N) is 2. The number of rotatable bonds is 0. The van der Waals surface area contributed by atoms with Crippen molar-refractivity contribution in [3.63, 3.8) is 0 Å². The molecule has 1 aliphatic heterocycles. The summed E-state index contributed by atoms with van der Waals surface area (Å²) in [7, 11) is 0. The molecule has 3 nitrogen and oxygen atoms in total. The number of nitrogens with one attached hydrogen (secondary N) is 1. The summed E-state index contributed by atoms with van der Waals surface area (Å²) in [5.74, 6) is 0. The van der Waals surface area contributed by atoms with E-state index in [9.17, 15) is 0 Å². The smallest absolute Gasteiger partial charge is 0.109 e. The molecule has 1 aliphatic rings. The Balaban J connectivity index is 0.000000750. The van der Waals surface area contributed by atoms with Crippen molar-refractivity contribution in [1.29, 1.82) is 0 Å². The van der Waals surface area contributed by atoms with E-state index in [1.807, 2.05) is 0 Å². The Morgan fingerprint density at radius 2 is 2.21 bits per heavy atom. The fraction of sp³-hybridized carbons (Fsp3) is 0.333. The van der Waals surface area contributed by atoms with Gasteiger partial charge < -0.3 is 5.32 Å². The van der Waals surface area contributed by atoms with Crippen LogP contribution in [0, 0.1) is 0 Å². The number of fused-ring (bicyclic) bond motifs is 3. The van der Waals surface area contributed by atoms with Crippen LogP contribution in [0.1, 0.15) is 11.1 Å². The van der Waals surface area contributed by atoms with Crippen LogP contribution >= 0.6 is 24.1 Å². The number of aromatic nitrogens is 2. The van der Waals surface area contributed by atoms with Gasteiger partial charge in [-0.05, 0) is 30.2 Å². The number of hydrogen-bond donors (Lipinski definition) is 1. The van der Waals surface area contributed by atoms with Crippen LogP contribution in [0.25, 0.3) is 11.0 Å². The average molecular weight is 228 g/mol. The van der Waals surface area contributed by atoms with Gasteiger partial charge in [-0.25, -0.2) is 0 Å². The highest BCUT2D eigenvalue weighted by atomic mass is 35.5. The van der Waals surface area contributed by atoms with Crippen molar-refractivity contribution < 1.29 is 0 Å². The fourth-order valence-electron chi connectivity index (χ4n) is 1.81. The van der Waals surface area contributed by atoms with E-state index in [-0.39, 0.29) is 12.4 Å². The normalized spacial score (nSPS) is 14.9. The van der Waals surface area contributed by atoms with Crippen molar-refractivity contribution >= 4 is 35.2 Å². The van der Waals surface area contributed by atoms with E-state index in [4.69, 9.17) is 0 Å². The van der Waals surface area contributed by atoms with Crippen molar-refractivity contribution in [3.8, 4) is 0 Å². The van der Waals surface area contributed by atoms with Crippen molar-refractivity contribution in [1.82, 2.24) is 14.1 Å². The zero-order valence-corrected chi connectivity index (χ0v) is 9.12. The highest BCUT2D eigenvalue weighted by molar-refractivity contribution is 7.00. The fourth-order valence-corrected chi connectivity index (χ4v) is 2.38. The Labute approximate surface area is 92.3 Å². The molecule has 1 aromatic heterocycles. The van der Waals surface area contributed by atoms with Crippen LogP contribution < -0.4 is 5.32 Å².